The monoisotopic (exact) mass is 283 g/mol. The summed E-state index contributed by atoms with van der Waals surface area (Å²) < 4.78 is 0. The van der Waals surface area contributed by atoms with Crippen molar-refractivity contribution in [2.45, 2.75) is 19.8 Å². The van der Waals surface area contributed by atoms with Crippen molar-refractivity contribution in [1.82, 2.24) is 15.1 Å². The summed E-state index contributed by atoms with van der Waals surface area (Å²) in [6.45, 7) is 9.15. The fourth-order valence-corrected chi connectivity index (χ4v) is 2.78. The minimum atomic E-state index is 1.09. The summed E-state index contributed by atoms with van der Waals surface area (Å²) in [7, 11) is 4.28. The number of hydrogen-bond acceptors (Lipinski definition) is 4. The lowest BCUT2D eigenvalue weighted by Crippen LogP contribution is -2.34. The first-order chi connectivity index (χ1) is 9.22. The average molecular weight is 283 g/mol. The van der Waals surface area contributed by atoms with Crippen LogP contribution in [0.1, 0.15) is 18.2 Å². The van der Waals surface area contributed by atoms with Gasteiger partial charge >= 0.3 is 0 Å². The molecule has 0 aliphatic heterocycles. The van der Waals surface area contributed by atoms with E-state index in [1.165, 1.54) is 24.4 Å². The smallest absolute Gasteiger partial charge is 0.0107 e. The molecule has 3 nitrogen and oxygen atoms in total. The first kappa shape index (κ1) is 16.6. The summed E-state index contributed by atoms with van der Waals surface area (Å²) >= 11 is 1.85. The van der Waals surface area contributed by atoms with E-state index in [-0.39, 0.29) is 0 Å². The topological polar surface area (TPSA) is 18.5 Å². The van der Waals surface area contributed by atoms with Gasteiger partial charge in [0.05, 0.1) is 0 Å². The van der Waals surface area contributed by atoms with Crippen molar-refractivity contribution in [3.8, 4) is 0 Å². The van der Waals surface area contributed by atoms with E-state index in [0.717, 1.165) is 32.6 Å². The molecule has 0 aliphatic rings. The molecule has 1 N–H and O–H groups in total. The van der Waals surface area contributed by atoms with Gasteiger partial charge in [0, 0.05) is 24.5 Å². The first-order valence-corrected chi connectivity index (χ1v) is 8.20. The second-order valence-electron chi connectivity index (χ2n) is 5.17. The van der Waals surface area contributed by atoms with E-state index in [2.05, 4.69) is 53.6 Å². The molecule has 110 valence electrons. The van der Waals surface area contributed by atoms with E-state index < -0.39 is 0 Å². The molecule has 0 unspecified atom stereocenters. The summed E-state index contributed by atoms with van der Waals surface area (Å²) in [4.78, 5) is 6.26. The van der Waals surface area contributed by atoms with Crippen molar-refractivity contribution < 1.29 is 0 Å². The van der Waals surface area contributed by atoms with Gasteiger partial charge in [0.25, 0.3) is 0 Å². The largest absolute Gasteiger partial charge is 0.315 e. The van der Waals surface area contributed by atoms with Crippen molar-refractivity contribution in [3.05, 3.63) is 22.4 Å². The Morgan fingerprint density at radius 3 is 2.63 bits per heavy atom. The van der Waals surface area contributed by atoms with E-state index in [0.29, 0.717) is 0 Å². The minimum absolute atomic E-state index is 1.09. The molecule has 0 saturated carbocycles. The van der Waals surface area contributed by atoms with Crippen LogP contribution in [0.15, 0.2) is 17.5 Å². The van der Waals surface area contributed by atoms with Crippen molar-refractivity contribution in [2.75, 3.05) is 53.4 Å². The number of hydrogen-bond donors (Lipinski definition) is 1. The summed E-state index contributed by atoms with van der Waals surface area (Å²) in [5.41, 5.74) is 0. The van der Waals surface area contributed by atoms with E-state index in [9.17, 15) is 0 Å². The van der Waals surface area contributed by atoms with Crippen LogP contribution in [0.5, 0.6) is 0 Å². The van der Waals surface area contributed by atoms with Gasteiger partial charge in [-0.25, -0.2) is 0 Å². The van der Waals surface area contributed by atoms with Gasteiger partial charge in [0.1, 0.15) is 0 Å². The van der Waals surface area contributed by atoms with Crippen LogP contribution in [0.2, 0.25) is 0 Å². The summed E-state index contributed by atoms with van der Waals surface area (Å²) in [6, 6.07) is 4.34. The molecule has 0 radical (unpaired) electrons. The molecule has 1 aromatic heterocycles. The maximum absolute atomic E-state index is 3.54. The minimum Gasteiger partial charge on any atom is -0.315 e. The Hall–Kier alpha value is -0.420. The fourth-order valence-electron chi connectivity index (χ4n) is 2.07. The van der Waals surface area contributed by atoms with Gasteiger partial charge in [-0.05, 0) is 58.0 Å². The number of nitrogens with one attached hydrogen (secondary N) is 1. The van der Waals surface area contributed by atoms with Crippen LogP contribution in [0.4, 0.5) is 0 Å². The van der Waals surface area contributed by atoms with Crippen molar-refractivity contribution in [3.63, 3.8) is 0 Å². The molecule has 1 rings (SSSR count). The SMILES string of the molecule is CCN(CCCN(C)C)CCNCCc1cccs1. The first-order valence-electron chi connectivity index (χ1n) is 7.32. The maximum atomic E-state index is 3.54. The van der Waals surface area contributed by atoms with Crippen LogP contribution in [0.3, 0.4) is 0 Å². The molecule has 0 aromatic carbocycles. The van der Waals surface area contributed by atoms with Gasteiger partial charge in [-0.15, -0.1) is 11.3 Å². The molecule has 1 heterocycles. The third kappa shape index (κ3) is 8.37. The highest BCUT2D eigenvalue weighted by molar-refractivity contribution is 7.09. The highest BCUT2D eigenvalue weighted by Crippen LogP contribution is 2.07. The lowest BCUT2D eigenvalue weighted by molar-refractivity contribution is 0.266. The van der Waals surface area contributed by atoms with Gasteiger partial charge in [0.15, 0.2) is 0 Å². The Kier molecular flexibility index (Phi) is 9.08. The molecular weight excluding hydrogens is 254 g/mol. The predicted octanol–water partition coefficient (Wildman–Crippen LogP) is 2.15. The Labute approximate surface area is 122 Å². The van der Waals surface area contributed by atoms with Crippen LogP contribution in [-0.2, 0) is 6.42 Å². The van der Waals surface area contributed by atoms with Crippen molar-refractivity contribution >= 4 is 11.3 Å². The van der Waals surface area contributed by atoms with E-state index in [1.807, 2.05) is 11.3 Å². The molecule has 19 heavy (non-hydrogen) atoms. The standard InChI is InChI=1S/C15H29N3S/c1-4-18(12-6-11-17(2)3)13-10-16-9-8-15-7-5-14-19-15/h5,7,14,16H,4,6,8-13H2,1-3H3. The zero-order valence-electron chi connectivity index (χ0n) is 12.7. The van der Waals surface area contributed by atoms with Crippen LogP contribution < -0.4 is 5.32 Å². The van der Waals surface area contributed by atoms with E-state index >= 15 is 0 Å². The third-order valence-electron chi connectivity index (χ3n) is 3.26. The highest BCUT2D eigenvalue weighted by Gasteiger charge is 2.02. The second-order valence-corrected chi connectivity index (χ2v) is 6.20. The molecule has 0 spiro atoms. The summed E-state index contributed by atoms with van der Waals surface area (Å²) in [5.74, 6) is 0. The van der Waals surface area contributed by atoms with Crippen LogP contribution in [0.25, 0.3) is 0 Å². The average Bonchev–Trinajstić information content (AvgIpc) is 2.89. The molecule has 0 bridgehead atoms. The molecule has 0 fully saturated rings. The fraction of sp³-hybridized carbons (Fsp3) is 0.733. The van der Waals surface area contributed by atoms with Gasteiger partial charge < -0.3 is 15.1 Å². The number of rotatable bonds is 11. The van der Waals surface area contributed by atoms with Crippen molar-refractivity contribution in [2.24, 2.45) is 0 Å². The Balaban J connectivity index is 1.99. The van der Waals surface area contributed by atoms with Crippen LogP contribution >= 0.6 is 11.3 Å². The Bertz CT molecular complexity index is 298. The number of likely N-dealkylation sites (N-methyl/N-ethyl adjacent to an activating group) is 1. The van der Waals surface area contributed by atoms with Gasteiger partial charge in [-0.3, -0.25) is 0 Å². The molecule has 0 atom stereocenters. The Morgan fingerprint density at radius 2 is 2.00 bits per heavy atom. The molecule has 0 aliphatic carbocycles. The van der Waals surface area contributed by atoms with Crippen LogP contribution in [0, 0.1) is 0 Å². The third-order valence-corrected chi connectivity index (χ3v) is 4.20. The lowest BCUT2D eigenvalue weighted by Gasteiger charge is -2.21. The molecule has 0 saturated heterocycles. The van der Waals surface area contributed by atoms with E-state index in [1.54, 1.807) is 0 Å². The van der Waals surface area contributed by atoms with Gasteiger partial charge in [-0.2, -0.15) is 0 Å². The lowest BCUT2D eigenvalue weighted by atomic mass is 10.3. The quantitative estimate of drug-likeness (QED) is 0.628. The molecule has 1 aromatic rings. The van der Waals surface area contributed by atoms with Crippen molar-refractivity contribution in [1.29, 1.82) is 0 Å². The zero-order chi connectivity index (χ0) is 13.9. The summed E-state index contributed by atoms with van der Waals surface area (Å²) in [6.07, 6.45) is 2.42. The van der Waals surface area contributed by atoms with E-state index in [4.69, 9.17) is 0 Å². The molecule has 0 amide bonds. The normalized spacial score (nSPS) is 11.6. The molecular formula is C15H29N3S. The van der Waals surface area contributed by atoms with Gasteiger partial charge in [-0.1, -0.05) is 13.0 Å². The second kappa shape index (κ2) is 10.4. The maximum Gasteiger partial charge on any atom is 0.0107 e. The number of nitrogens with zero attached hydrogens (tertiary/aromatic N) is 2. The van der Waals surface area contributed by atoms with Gasteiger partial charge in [0.2, 0.25) is 0 Å². The van der Waals surface area contributed by atoms with Crippen LogP contribution in [-0.4, -0.2) is 63.2 Å². The Morgan fingerprint density at radius 1 is 1.16 bits per heavy atom. The number of thiophene rings is 1. The molecule has 4 heteroatoms. The highest BCUT2D eigenvalue weighted by atomic mass is 32.1. The predicted molar refractivity (Wildman–Crippen MR) is 86.2 cm³/mol. The zero-order valence-corrected chi connectivity index (χ0v) is 13.5. The summed E-state index contributed by atoms with van der Waals surface area (Å²) in [5, 5.41) is 5.69.